The van der Waals surface area contributed by atoms with Gasteiger partial charge in [-0.1, -0.05) is 19.9 Å². The van der Waals surface area contributed by atoms with Crippen LogP contribution in [-0.4, -0.2) is 30.6 Å². The van der Waals surface area contributed by atoms with E-state index in [0.29, 0.717) is 23.8 Å². The number of amides is 1. The molecule has 1 aromatic carbocycles. The third-order valence-electron chi connectivity index (χ3n) is 3.23. The predicted molar refractivity (Wildman–Crippen MR) is 82.8 cm³/mol. The zero-order valence-electron chi connectivity index (χ0n) is 13.3. The number of carbonyl (C=O) groups excluding carboxylic acids is 2. The molecule has 0 heterocycles. The fraction of sp³-hybridized carbons (Fsp3) is 0.529. The lowest BCUT2D eigenvalue weighted by Crippen LogP contribution is -2.37. The lowest BCUT2D eigenvalue weighted by atomic mass is 10.2. The maximum atomic E-state index is 12.1. The monoisotopic (exact) mass is 305 g/mol. The summed E-state index contributed by atoms with van der Waals surface area (Å²) in [5.74, 6) is 0.261. The molecule has 1 atom stereocenters. The van der Waals surface area contributed by atoms with E-state index >= 15 is 0 Å². The highest BCUT2D eigenvalue weighted by molar-refractivity contribution is 5.92. The van der Waals surface area contributed by atoms with Crippen LogP contribution >= 0.6 is 0 Å². The van der Waals surface area contributed by atoms with Gasteiger partial charge in [-0.3, -0.25) is 4.79 Å². The SMILES string of the molecule is CC(C)COc1cccc(C(=O)O[C@H](C)C(=O)NC2CC2)c1. The van der Waals surface area contributed by atoms with Gasteiger partial charge in [-0.25, -0.2) is 4.79 Å². The number of esters is 1. The zero-order valence-corrected chi connectivity index (χ0v) is 13.3. The van der Waals surface area contributed by atoms with Crippen molar-refractivity contribution >= 4 is 11.9 Å². The van der Waals surface area contributed by atoms with Crippen molar-refractivity contribution in [3.05, 3.63) is 29.8 Å². The summed E-state index contributed by atoms with van der Waals surface area (Å²) in [4.78, 5) is 23.9. The molecule has 0 radical (unpaired) electrons. The van der Waals surface area contributed by atoms with Gasteiger partial charge in [-0.05, 0) is 43.9 Å². The molecular weight excluding hydrogens is 282 g/mol. The second-order valence-electron chi connectivity index (χ2n) is 6.06. The Labute approximate surface area is 131 Å². The third kappa shape index (κ3) is 5.06. The van der Waals surface area contributed by atoms with Gasteiger partial charge in [0.05, 0.1) is 12.2 Å². The number of hydrogen-bond acceptors (Lipinski definition) is 4. The first-order valence-electron chi connectivity index (χ1n) is 7.70. The molecule has 2 rings (SSSR count). The summed E-state index contributed by atoms with van der Waals surface area (Å²) < 4.78 is 10.8. The summed E-state index contributed by atoms with van der Waals surface area (Å²) in [6.45, 7) is 6.27. The van der Waals surface area contributed by atoms with E-state index in [9.17, 15) is 9.59 Å². The number of hydrogen-bond donors (Lipinski definition) is 1. The first kappa shape index (κ1) is 16.3. The van der Waals surface area contributed by atoms with Crippen molar-refractivity contribution in [1.82, 2.24) is 5.32 Å². The van der Waals surface area contributed by atoms with E-state index in [-0.39, 0.29) is 11.9 Å². The van der Waals surface area contributed by atoms with Crippen LogP contribution in [0.5, 0.6) is 5.75 Å². The molecule has 0 saturated heterocycles. The van der Waals surface area contributed by atoms with Gasteiger partial charge < -0.3 is 14.8 Å². The standard InChI is InChI=1S/C17H23NO4/c1-11(2)10-21-15-6-4-5-13(9-15)17(20)22-12(3)16(19)18-14-7-8-14/h4-6,9,11-12,14H,7-8,10H2,1-3H3,(H,18,19)/t12-/m1/s1. The number of rotatable bonds is 7. The van der Waals surface area contributed by atoms with Gasteiger partial charge in [0.2, 0.25) is 0 Å². The Balaban J connectivity index is 1.90. The summed E-state index contributed by atoms with van der Waals surface area (Å²) in [6, 6.07) is 7.07. The minimum atomic E-state index is -0.798. The molecule has 22 heavy (non-hydrogen) atoms. The van der Waals surface area contributed by atoms with E-state index in [1.165, 1.54) is 0 Å². The predicted octanol–water partition coefficient (Wildman–Crippen LogP) is 2.55. The number of benzene rings is 1. The Morgan fingerprint density at radius 3 is 2.64 bits per heavy atom. The Morgan fingerprint density at radius 2 is 2.00 bits per heavy atom. The zero-order chi connectivity index (χ0) is 16.1. The summed E-state index contributed by atoms with van der Waals surface area (Å²) in [7, 11) is 0. The average molecular weight is 305 g/mol. The summed E-state index contributed by atoms with van der Waals surface area (Å²) in [5, 5.41) is 2.81. The van der Waals surface area contributed by atoms with Gasteiger partial charge in [-0.2, -0.15) is 0 Å². The first-order valence-corrected chi connectivity index (χ1v) is 7.70. The van der Waals surface area contributed by atoms with E-state index in [0.717, 1.165) is 12.8 Å². The molecule has 120 valence electrons. The number of nitrogens with one attached hydrogen (secondary N) is 1. The Morgan fingerprint density at radius 1 is 1.27 bits per heavy atom. The van der Waals surface area contributed by atoms with Gasteiger partial charge in [0.25, 0.3) is 5.91 Å². The highest BCUT2D eigenvalue weighted by Crippen LogP contribution is 2.19. The van der Waals surface area contributed by atoms with Crippen LogP contribution in [0, 0.1) is 5.92 Å². The summed E-state index contributed by atoms with van der Waals surface area (Å²) in [6.07, 6.45) is 1.21. The quantitative estimate of drug-likeness (QED) is 0.786. The van der Waals surface area contributed by atoms with Gasteiger partial charge >= 0.3 is 5.97 Å². The highest BCUT2D eigenvalue weighted by Gasteiger charge is 2.27. The minimum absolute atomic E-state index is 0.247. The Kier molecular flexibility index (Phi) is 5.41. The molecule has 1 aromatic rings. The molecular formula is C17H23NO4. The third-order valence-corrected chi connectivity index (χ3v) is 3.23. The maximum absolute atomic E-state index is 12.1. The van der Waals surface area contributed by atoms with Crippen LogP contribution in [0.25, 0.3) is 0 Å². The molecule has 0 bridgehead atoms. The normalized spacial score (nSPS) is 15.3. The van der Waals surface area contributed by atoms with Crippen molar-refractivity contribution < 1.29 is 19.1 Å². The molecule has 1 fully saturated rings. The molecule has 0 spiro atoms. The Bertz CT molecular complexity index is 537. The molecule has 0 aromatic heterocycles. The van der Waals surface area contributed by atoms with Crippen LogP contribution in [0.2, 0.25) is 0 Å². The van der Waals surface area contributed by atoms with E-state index in [2.05, 4.69) is 19.2 Å². The molecule has 1 saturated carbocycles. The lowest BCUT2D eigenvalue weighted by Gasteiger charge is -2.14. The highest BCUT2D eigenvalue weighted by atomic mass is 16.5. The molecule has 5 heteroatoms. The van der Waals surface area contributed by atoms with Crippen LogP contribution in [0.3, 0.4) is 0 Å². The van der Waals surface area contributed by atoms with Crippen molar-refractivity contribution in [3.63, 3.8) is 0 Å². The van der Waals surface area contributed by atoms with E-state index < -0.39 is 12.1 Å². The Hall–Kier alpha value is -2.04. The average Bonchev–Trinajstić information content (AvgIpc) is 3.29. The molecule has 1 amide bonds. The van der Waals surface area contributed by atoms with Gasteiger partial charge in [0.15, 0.2) is 6.10 Å². The number of ether oxygens (including phenoxy) is 2. The van der Waals surface area contributed by atoms with E-state index in [1.807, 2.05) is 0 Å². The van der Waals surface area contributed by atoms with Gasteiger partial charge in [-0.15, -0.1) is 0 Å². The van der Waals surface area contributed by atoms with Crippen LogP contribution in [-0.2, 0) is 9.53 Å². The second-order valence-corrected chi connectivity index (χ2v) is 6.06. The largest absolute Gasteiger partial charge is 0.493 e. The van der Waals surface area contributed by atoms with E-state index in [4.69, 9.17) is 9.47 Å². The molecule has 0 aliphatic heterocycles. The van der Waals surface area contributed by atoms with Gasteiger partial charge in [0.1, 0.15) is 5.75 Å². The minimum Gasteiger partial charge on any atom is -0.493 e. The molecule has 0 unspecified atom stereocenters. The maximum Gasteiger partial charge on any atom is 0.339 e. The number of carbonyl (C=O) groups is 2. The lowest BCUT2D eigenvalue weighted by molar-refractivity contribution is -0.129. The van der Waals surface area contributed by atoms with Crippen LogP contribution in [0.15, 0.2) is 24.3 Å². The van der Waals surface area contributed by atoms with Crippen molar-refractivity contribution in [1.29, 1.82) is 0 Å². The molecule has 1 N–H and O–H groups in total. The van der Waals surface area contributed by atoms with Crippen molar-refractivity contribution in [3.8, 4) is 5.75 Å². The molecule has 1 aliphatic rings. The van der Waals surface area contributed by atoms with Crippen LogP contribution in [0.4, 0.5) is 0 Å². The smallest absolute Gasteiger partial charge is 0.339 e. The topological polar surface area (TPSA) is 64.6 Å². The van der Waals surface area contributed by atoms with Crippen molar-refractivity contribution in [2.24, 2.45) is 5.92 Å². The summed E-state index contributed by atoms with van der Waals surface area (Å²) >= 11 is 0. The van der Waals surface area contributed by atoms with Crippen molar-refractivity contribution in [2.45, 2.75) is 45.8 Å². The molecule has 1 aliphatic carbocycles. The fourth-order valence-corrected chi connectivity index (χ4v) is 1.80. The second kappa shape index (κ2) is 7.29. The molecule has 5 nitrogen and oxygen atoms in total. The summed E-state index contributed by atoms with van der Waals surface area (Å²) in [5.41, 5.74) is 0.382. The van der Waals surface area contributed by atoms with Gasteiger partial charge in [0, 0.05) is 6.04 Å². The van der Waals surface area contributed by atoms with Crippen LogP contribution in [0.1, 0.15) is 44.0 Å². The van der Waals surface area contributed by atoms with Crippen LogP contribution < -0.4 is 10.1 Å². The fourth-order valence-electron chi connectivity index (χ4n) is 1.80. The van der Waals surface area contributed by atoms with E-state index in [1.54, 1.807) is 31.2 Å². The van der Waals surface area contributed by atoms with Crippen molar-refractivity contribution in [2.75, 3.05) is 6.61 Å². The first-order chi connectivity index (χ1) is 10.5.